The number of ether oxygens (including phenoxy) is 1. The Labute approximate surface area is 84.7 Å². The number of aliphatic hydroxyl groups excluding tert-OH is 1. The molecule has 1 heterocycles. The molecule has 78 valence electrons. The van der Waals surface area contributed by atoms with Crippen LogP contribution in [0.4, 0.5) is 0 Å². The van der Waals surface area contributed by atoms with Gasteiger partial charge in [-0.1, -0.05) is 12.8 Å². The lowest BCUT2D eigenvalue weighted by Crippen LogP contribution is -2.39. The van der Waals surface area contributed by atoms with E-state index in [2.05, 4.69) is 6.07 Å². The summed E-state index contributed by atoms with van der Waals surface area (Å²) in [5.74, 6) is 0.330. The molecule has 2 aliphatic rings. The third-order valence-corrected chi connectivity index (χ3v) is 3.69. The fraction of sp³-hybridized carbons (Fsp3) is 0.909. The van der Waals surface area contributed by atoms with Crippen molar-refractivity contribution in [1.29, 1.82) is 5.26 Å². The van der Waals surface area contributed by atoms with E-state index in [4.69, 9.17) is 10.00 Å². The monoisotopic (exact) mass is 195 g/mol. The van der Waals surface area contributed by atoms with Crippen LogP contribution >= 0.6 is 0 Å². The zero-order chi connectivity index (χ0) is 10.0. The van der Waals surface area contributed by atoms with Crippen LogP contribution < -0.4 is 0 Å². The van der Waals surface area contributed by atoms with Gasteiger partial charge in [0.2, 0.25) is 0 Å². The van der Waals surface area contributed by atoms with Gasteiger partial charge >= 0.3 is 0 Å². The molecule has 0 amide bonds. The minimum absolute atomic E-state index is 0.330. The Kier molecular flexibility index (Phi) is 2.76. The molecule has 1 aliphatic carbocycles. The average molecular weight is 195 g/mol. The number of nitrogens with zero attached hydrogens (tertiary/aromatic N) is 1. The summed E-state index contributed by atoms with van der Waals surface area (Å²) in [5.41, 5.74) is -0.602. The van der Waals surface area contributed by atoms with Gasteiger partial charge in [-0.15, -0.1) is 0 Å². The van der Waals surface area contributed by atoms with Crippen molar-refractivity contribution in [3.8, 4) is 6.07 Å². The lowest BCUT2D eigenvalue weighted by molar-refractivity contribution is 0.00870. The molecule has 2 fully saturated rings. The highest BCUT2D eigenvalue weighted by Crippen LogP contribution is 2.40. The molecule has 0 aromatic heterocycles. The number of hydrogen-bond donors (Lipinski definition) is 1. The van der Waals surface area contributed by atoms with Crippen LogP contribution in [0.5, 0.6) is 0 Å². The quantitative estimate of drug-likeness (QED) is 0.726. The lowest BCUT2D eigenvalue weighted by Gasteiger charge is -2.29. The summed E-state index contributed by atoms with van der Waals surface area (Å²) in [4.78, 5) is 0. The average Bonchev–Trinajstić information content (AvgIpc) is 2.89. The summed E-state index contributed by atoms with van der Waals surface area (Å²) >= 11 is 0. The van der Waals surface area contributed by atoms with Gasteiger partial charge in [0.1, 0.15) is 5.41 Å². The van der Waals surface area contributed by atoms with Crippen LogP contribution in [0, 0.1) is 22.7 Å². The normalized spacial score (nSPS) is 35.7. The van der Waals surface area contributed by atoms with Crippen LogP contribution in [0.3, 0.4) is 0 Å². The van der Waals surface area contributed by atoms with Gasteiger partial charge in [-0.25, -0.2) is 0 Å². The van der Waals surface area contributed by atoms with Gasteiger partial charge in [-0.2, -0.15) is 5.26 Å². The number of rotatable bonds is 2. The summed E-state index contributed by atoms with van der Waals surface area (Å²) in [5, 5.41) is 19.4. The van der Waals surface area contributed by atoms with E-state index < -0.39 is 11.5 Å². The fourth-order valence-electron chi connectivity index (χ4n) is 2.69. The predicted molar refractivity (Wildman–Crippen MR) is 51.4 cm³/mol. The van der Waals surface area contributed by atoms with Crippen molar-refractivity contribution >= 4 is 0 Å². The summed E-state index contributed by atoms with van der Waals surface area (Å²) in [6.45, 7) is 1.04. The molecule has 2 atom stereocenters. The second-order valence-corrected chi connectivity index (χ2v) is 4.56. The maximum Gasteiger partial charge on any atom is 0.109 e. The van der Waals surface area contributed by atoms with Gasteiger partial charge in [0.15, 0.2) is 0 Å². The van der Waals surface area contributed by atoms with Gasteiger partial charge in [-0.3, -0.25) is 0 Å². The van der Waals surface area contributed by atoms with E-state index in [0.717, 1.165) is 12.8 Å². The molecule has 1 saturated carbocycles. The minimum Gasteiger partial charge on any atom is -0.391 e. The lowest BCUT2D eigenvalue weighted by atomic mass is 9.76. The first kappa shape index (κ1) is 9.95. The van der Waals surface area contributed by atoms with E-state index >= 15 is 0 Å². The topological polar surface area (TPSA) is 53.2 Å². The van der Waals surface area contributed by atoms with E-state index in [9.17, 15) is 5.11 Å². The van der Waals surface area contributed by atoms with E-state index in [1.165, 1.54) is 12.8 Å². The van der Waals surface area contributed by atoms with Crippen LogP contribution in [0.15, 0.2) is 0 Å². The summed E-state index contributed by atoms with van der Waals surface area (Å²) in [6.07, 6.45) is 4.77. The van der Waals surface area contributed by atoms with Crippen molar-refractivity contribution in [1.82, 2.24) is 0 Å². The van der Waals surface area contributed by atoms with E-state index in [-0.39, 0.29) is 0 Å². The summed E-state index contributed by atoms with van der Waals surface area (Å²) in [6, 6.07) is 2.28. The third kappa shape index (κ3) is 1.53. The molecule has 0 radical (unpaired) electrons. The Morgan fingerprint density at radius 2 is 2.14 bits per heavy atom. The first-order valence-electron chi connectivity index (χ1n) is 5.45. The second-order valence-electron chi connectivity index (χ2n) is 4.56. The van der Waals surface area contributed by atoms with Crippen molar-refractivity contribution < 1.29 is 9.84 Å². The largest absolute Gasteiger partial charge is 0.391 e. The maximum absolute atomic E-state index is 10.2. The Bertz CT molecular complexity index is 234. The third-order valence-electron chi connectivity index (χ3n) is 3.69. The van der Waals surface area contributed by atoms with Crippen molar-refractivity contribution in [3.63, 3.8) is 0 Å². The molecule has 0 aromatic rings. The molecule has 2 unspecified atom stereocenters. The Balaban J connectivity index is 2.07. The summed E-state index contributed by atoms with van der Waals surface area (Å²) in [7, 11) is 0. The second kappa shape index (κ2) is 3.88. The highest BCUT2D eigenvalue weighted by atomic mass is 16.5. The van der Waals surface area contributed by atoms with Crippen molar-refractivity contribution in [3.05, 3.63) is 0 Å². The van der Waals surface area contributed by atoms with Crippen LogP contribution in [0.2, 0.25) is 0 Å². The number of aliphatic hydroxyl groups is 1. The molecular formula is C11H17NO2. The Morgan fingerprint density at radius 1 is 1.43 bits per heavy atom. The molecule has 0 aromatic carbocycles. The van der Waals surface area contributed by atoms with Gasteiger partial charge in [0.05, 0.1) is 18.8 Å². The van der Waals surface area contributed by atoms with Crippen LogP contribution in [0.1, 0.15) is 32.1 Å². The summed E-state index contributed by atoms with van der Waals surface area (Å²) < 4.78 is 5.25. The van der Waals surface area contributed by atoms with Crippen LogP contribution in [-0.4, -0.2) is 24.4 Å². The molecule has 2 rings (SSSR count). The number of hydrogen-bond acceptors (Lipinski definition) is 3. The highest BCUT2D eigenvalue weighted by Gasteiger charge is 2.45. The molecule has 1 aliphatic heterocycles. The predicted octanol–water partition coefficient (Wildman–Crippen LogP) is 1.47. The van der Waals surface area contributed by atoms with Crippen LogP contribution in [-0.2, 0) is 4.74 Å². The minimum atomic E-state index is -0.602. The van der Waals surface area contributed by atoms with Gasteiger partial charge in [-0.05, 0) is 25.2 Å². The standard InChI is InChI=1S/C11H17NO2/c12-7-11(5-6-14-8-11)10(13)9-3-1-2-4-9/h9-10,13H,1-6,8H2. The van der Waals surface area contributed by atoms with Crippen molar-refractivity contribution in [2.75, 3.05) is 13.2 Å². The van der Waals surface area contributed by atoms with E-state index in [0.29, 0.717) is 25.6 Å². The fourth-order valence-corrected chi connectivity index (χ4v) is 2.69. The molecule has 0 spiro atoms. The molecular weight excluding hydrogens is 178 g/mol. The van der Waals surface area contributed by atoms with Crippen LogP contribution in [0.25, 0.3) is 0 Å². The van der Waals surface area contributed by atoms with Gasteiger partial charge in [0, 0.05) is 6.61 Å². The Morgan fingerprint density at radius 3 is 2.64 bits per heavy atom. The van der Waals surface area contributed by atoms with E-state index in [1.54, 1.807) is 0 Å². The smallest absolute Gasteiger partial charge is 0.109 e. The first-order chi connectivity index (χ1) is 6.78. The maximum atomic E-state index is 10.2. The molecule has 1 saturated heterocycles. The van der Waals surface area contributed by atoms with Crippen molar-refractivity contribution in [2.24, 2.45) is 11.3 Å². The van der Waals surface area contributed by atoms with Gasteiger partial charge in [0.25, 0.3) is 0 Å². The van der Waals surface area contributed by atoms with Crippen molar-refractivity contribution in [2.45, 2.75) is 38.2 Å². The number of nitriles is 1. The SMILES string of the molecule is N#CC1(C(O)C2CCCC2)CCOC1. The van der Waals surface area contributed by atoms with Gasteiger partial charge < -0.3 is 9.84 Å². The molecule has 3 nitrogen and oxygen atoms in total. The zero-order valence-electron chi connectivity index (χ0n) is 8.41. The van der Waals surface area contributed by atoms with E-state index in [1.807, 2.05) is 0 Å². The highest BCUT2D eigenvalue weighted by molar-refractivity contribution is 5.07. The molecule has 3 heteroatoms. The molecule has 0 bridgehead atoms. The molecule has 14 heavy (non-hydrogen) atoms. The Hall–Kier alpha value is -0.590. The first-order valence-corrected chi connectivity index (χ1v) is 5.45. The zero-order valence-corrected chi connectivity index (χ0v) is 8.41. The molecule has 1 N–H and O–H groups in total.